The number of ether oxygens (including phenoxy) is 2. The number of hydrogen-bond acceptors (Lipinski definition) is 3. The van der Waals surface area contributed by atoms with Crippen LogP contribution in [-0.2, 0) is 29.0 Å². The fraction of sp³-hybridized carbons (Fsp3) is 0.625. The summed E-state index contributed by atoms with van der Waals surface area (Å²) in [6.45, 7) is 16.4. The third-order valence-electron chi connectivity index (χ3n) is 3.18. The monoisotopic (exact) mass is 342 g/mol. The van der Waals surface area contributed by atoms with Crippen LogP contribution in [0, 0.1) is 18.8 Å². The van der Waals surface area contributed by atoms with Crippen molar-refractivity contribution < 1.29 is 29.0 Å². The smallest absolute Gasteiger partial charge is 0.648 e. The van der Waals surface area contributed by atoms with Crippen LogP contribution in [0.25, 0.3) is 5.32 Å². The third-order valence-corrected chi connectivity index (χ3v) is 3.18. The molecule has 114 valence electrons. The quantitative estimate of drug-likeness (QED) is 0.579. The van der Waals surface area contributed by atoms with E-state index >= 15 is 0 Å². The molecule has 0 saturated carbocycles. The van der Waals surface area contributed by atoms with Crippen molar-refractivity contribution in [1.29, 1.82) is 0 Å². The summed E-state index contributed by atoms with van der Waals surface area (Å²) in [5.41, 5.74) is 0. The molecule has 0 aromatic rings. The molecule has 5 heteroatoms. The first-order valence-electron chi connectivity index (χ1n) is 7.14. The second kappa shape index (κ2) is 9.89. The fourth-order valence-electron chi connectivity index (χ4n) is 1.76. The molecule has 1 fully saturated rings. The molecule has 1 saturated heterocycles. The molecular formula is C16H26N2O2Zn. The number of nitrogens with zero attached hydrogens (tertiary/aromatic N) is 2. The molecule has 0 unspecified atom stereocenters. The second-order valence-electron chi connectivity index (χ2n) is 5.61. The van der Waals surface area contributed by atoms with Gasteiger partial charge in [-0.2, -0.15) is 0 Å². The summed E-state index contributed by atoms with van der Waals surface area (Å²) in [4.78, 5) is 4.50. The summed E-state index contributed by atoms with van der Waals surface area (Å²) >= 11 is 0. The normalized spacial score (nSPS) is 25.2. The zero-order valence-corrected chi connectivity index (χ0v) is 16.7. The number of allylic oxidation sites excluding steroid dienone is 1. The van der Waals surface area contributed by atoms with E-state index in [2.05, 4.69) is 51.5 Å². The number of hydrogen-bond donors (Lipinski definition) is 0. The van der Waals surface area contributed by atoms with E-state index in [-0.39, 0.29) is 31.6 Å². The fourth-order valence-corrected chi connectivity index (χ4v) is 1.76. The minimum Gasteiger partial charge on any atom is -0.648 e. The molecule has 21 heavy (non-hydrogen) atoms. The largest absolute Gasteiger partial charge is 2.00 e. The van der Waals surface area contributed by atoms with Crippen molar-refractivity contribution in [3.8, 4) is 0 Å². The van der Waals surface area contributed by atoms with Crippen LogP contribution in [-0.4, -0.2) is 31.2 Å². The summed E-state index contributed by atoms with van der Waals surface area (Å²) in [5, 5.41) is 4.50. The van der Waals surface area contributed by atoms with Gasteiger partial charge < -0.3 is 14.8 Å². The van der Waals surface area contributed by atoms with E-state index in [0.717, 1.165) is 0 Å². The minimum absolute atomic E-state index is 0. The van der Waals surface area contributed by atoms with Crippen molar-refractivity contribution in [3.05, 3.63) is 36.9 Å². The van der Waals surface area contributed by atoms with Crippen molar-refractivity contribution in [1.82, 2.24) is 0 Å². The van der Waals surface area contributed by atoms with Gasteiger partial charge in [0.15, 0.2) is 0 Å². The van der Waals surface area contributed by atoms with Gasteiger partial charge in [-0.3, -0.25) is 0 Å². The zero-order chi connectivity index (χ0) is 15.1. The Morgan fingerprint density at radius 1 is 1.24 bits per heavy atom. The van der Waals surface area contributed by atoms with Gasteiger partial charge in [-0.05, 0) is 5.92 Å². The van der Waals surface area contributed by atoms with E-state index in [0.29, 0.717) is 36.8 Å². The second-order valence-corrected chi connectivity index (χ2v) is 5.61. The Morgan fingerprint density at radius 3 is 2.29 bits per heavy atom. The standard InChI is InChI=1S/C13H21N2O2.C3H5.Zn/c1-8(2)10-6-16-12(14-10)5-13-15-11(7-17-13)9(3)4;1-3-2;/h5,8-11H,6-7H2,1-4H3;3H,1-2H2;/q2*-1;+2/b12-5-;;/t10-,11-;;/m1../s1. The molecule has 0 radical (unpaired) electrons. The number of aliphatic imine (C=N–C) groups is 1. The first kappa shape index (κ1) is 20.0. The molecule has 0 aromatic heterocycles. The molecule has 2 aliphatic rings. The molecule has 0 N–H and O–H groups in total. The van der Waals surface area contributed by atoms with Crippen LogP contribution < -0.4 is 0 Å². The molecule has 0 spiro atoms. The molecule has 0 bridgehead atoms. The Kier molecular flexibility index (Phi) is 9.44. The van der Waals surface area contributed by atoms with Crippen molar-refractivity contribution in [2.75, 3.05) is 13.2 Å². The molecule has 0 amide bonds. The number of rotatable bonds is 3. The predicted octanol–water partition coefficient (Wildman–Crippen LogP) is 3.71. The van der Waals surface area contributed by atoms with Crippen molar-refractivity contribution in [2.24, 2.45) is 16.8 Å². The van der Waals surface area contributed by atoms with E-state index in [1.165, 1.54) is 6.08 Å². The van der Waals surface area contributed by atoms with Gasteiger partial charge in [0, 0.05) is 12.0 Å². The molecule has 4 nitrogen and oxygen atoms in total. The van der Waals surface area contributed by atoms with E-state index in [1.807, 2.05) is 6.08 Å². The Hall–Kier alpha value is -0.957. The average molecular weight is 344 g/mol. The van der Waals surface area contributed by atoms with Crippen LogP contribution in [0.5, 0.6) is 0 Å². The van der Waals surface area contributed by atoms with Crippen molar-refractivity contribution in [3.63, 3.8) is 0 Å². The van der Waals surface area contributed by atoms with E-state index in [1.54, 1.807) is 0 Å². The Bertz CT molecular complexity index is 378. The first-order chi connectivity index (χ1) is 9.47. The van der Waals surface area contributed by atoms with E-state index < -0.39 is 0 Å². The van der Waals surface area contributed by atoms with Crippen LogP contribution in [0.15, 0.2) is 29.6 Å². The topological polar surface area (TPSA) is 44.9 Å². The maximum atomic E-state index is 5.52. The van der Waals surface area contributed by atoms with E-state index in [4.69, 9.17) is 9.47 Å². The van der Waals surface area contributed by atoms with Crippen LogP contribution in [0.2, 0.25) is 0 Å². The third kappa shape index (κ3) is 6.56. The van der Waals surface area contributed by atoms with Crippen molar-refractivity contribution >= 4 is 5.90 Å². The van der Waals surface area contributed by atoms with Gasteiger partial charge in [0.05, 0.1) is 12.6 Å². The molecule has 0 aromatic carbocycles. The van der Waals surface area contributed by atoms with E-state index in [9.17, 15) is 0 Å². The average Bonchev–Trinajstić information content (AvgIpc) is 2.99. The van der Waals surface area contributed by atoms with Crippen molar-refractivity contribution in [2.45, 2.75) is 39.8 Å². The van der Waals surface area contributed by atoms with Crippen LogP contribution >= 0.6 is 0 Å². The summed E-state index contributed by atoms with van der Waals surface area (Å²) in [5.74, 6) is 2.34. The zero-order valence-electron chi connectivity index (χ0n) is 13.7. The van der Waals surface area contributed by atoms with Crippen LogP contribution in [0.1, 0.15) is 27.7 Å². The Balaban J connectivity index is 0.000000922. The molecule has 2 aliphatic heterocycles. The summed E-state index contributed by atoms with van der Waals surface area (Å²) in [7, 11) is 0. The van der Waals surface area contributed by atoms with Crippen LogP contribution in [0.4, 0.5) is 0 Å². The maximum Gasteiger partial charge on any atom is 2.00 e. The molecule has 0 aliphatic carbocycles. The summed E-state index contributed by atoms with van der Waals surface area (Å²) in [6, 6.07) is 0.535. The molecule has 2 rings (SSSR count). The van der Waals surface area contributed by atoms with Gasteiger partial charge in [0.2, 0.25) is 5.90 Å². The van der Waals surface area contributed by atoms with Gasteiger partial charge in [-0.25, -0.2) is 24.6 Å². The molecular weight excluding hydrogens is 318 g/mol. The Labute approximate surface area is 141 Å². The first-order valence-corrected chi connectivity index (χ1v) is 7.14. The van der Waals surface area contributed by atoms with Gasteiger partial charge in [-0.15, -0.1) is 0 Å². The van der Waals surface area contributed by atoms with Gasteiger partial charge in [0.25, 0.3) is 0 Å². The Morgan fingerprint density at radius 2 is 1.86 bits per heavy atom. The van der Waals surface area contributed by atoms with Crippen LogP contribution in [0.3, 0.4) is 0 Å². The van der Waals surface area contributed by atoms with Gasteiger partial charge >= 0.3 is 19.5 Å². The minimum atomic E-state index is 0. The maximum absolute atomic E-state index is 5.52. The predicted molar refractivity (Wildman–Crippen MR) is 83.6 cm³/mol. The van der Waals surface area contributed by atoms with Gasteiger partial charge in [-0.1, -0.05) is 39.7 Å². The molecule has 2 heterocycles. The SMILES string of the molecule is C=C[CH2-].CC(C)[C@H]1COC(/C=C2/[N-][C@@H](C(C)C)CO2)=N1.[Zn+2]. The summed E-state index contributed by atoms with van der Waals surface area (Å²) in [6.07, 6.45) is 3.31. The molecule has 2 atom stereocenters. The van der Waals surface area contributed by atoms with Gasteiger partial charge in [0.1, 0.15) is 6.61 Å². The summed E-state index contributed by atoms with van der Waals surface area (Å²) < 4.78 is 11.0.